The molecule has 21 heavy (non-hydrogen) atoms. The molecule has 3 atom stereocenters. The van der Waals surface area contributed by atoms with Crippen LogP contribution in [0.2, 0.25) is 0 Å². The van der Waals surface area contributed by atoms with Crippen LogP contribution in [0.3, 0.4) is 0 Å². The van der Waals surface area contributed by atoms with E-state index in [-0.39, 0.29) is 0 Å². The van der Waals surface area contributed by atoms with Crippen LogP contribution in [0.4, 0.5) is 0 Å². The van der Waals surface area contributed by atoms with Gasteiger partial charge in [0.2, 0.25) is 0 Å². The van der Waals surface area contributed by atoms with E-state index in [0.717, 1.165) is 23.7 Å². The highest BCUT2D eigenvalue weighted by molar-refractivity contribution is 5.14. The molecule has 3 rings (SSSR count). The van der Waals surface area contributed by atoms with Gasteiger partial charge in [-0.1, -0.05) is 63.5 Å². The predicted octanol–water partition coefficient (Wildman–Crippen LogP) is 6.90. The highest BCUT2D eigenvalue weighted by Gasteiger charge is 2.33. The monoisotopic (exact) mass is 288 g/mol. The zero-order chi connectivity index (χ0) is 14.5. The first-order valence-electron chi connectivity index (χ1n) is 10.1. The summed E-state index contributed by atoms with van der Waals surface area (Å²) in [5, 5.41) is 0. The van der Waals surface area contributed by atoms with Crippen molar-refractivity contribution in [2.45, 2.75) is 96.8 Å². The maximum Gasteiger partial charge on any atom is -0.0202 e. The van der Waals surface area contributed by atoms with Crippen molar-refractivity contribution in [1.82, 2.24) is 0 Å². The van der Waals surface area contributed by atoms with E-state index in [4.69, 9.17) is 0 Å². The molecular formula is C21H36. The Morgan fingerprint density at radius 1 is 0.952 bits per heavy atom. The molecule has 3 aliphatic carbocycles. The molecule has 120 valence electrons. The van der Waals surface area contributed by atoms with Crippen LogP contribution in [0.25, 0.3) is 0 Å². The number of allylic oxidation sites excluding steroid dienone is 2. The highest BCUT2D eigenvalue weighted by atomic mass is 14.4. The van der Waals surface area contributed by atoms with Gasteiger partial charge in [0.15, 0.2) is 0 Å². The maximum atomic E-state index is 2.78. The fourth-order valence-electron chi connectivity index (χ4n) is 5.41. The molecule has 0 bridgehead atoms. The number of unbranched alkanes of at least 4 members (excludes halogenated alkanes) is 2. The number of hydrogen-bond acceptors (Lipinski definition) is 0. The zero-order valence-corrected chi connectivity index (χ0v) is 14.3. The first kappa shape index (κ1) is 15.6. The first-order valence-corrected chi connectivity index (χ1v) is 10.1. The smallest absolute Gasteiger partial charge is 0.0202 e. The van der Waals surface area contributed by atoms with Gasteiger partial charge in [-0.3, -0.25) is 0 Å². The molecule has 0 heteroatoms. The van der Waals surface area contributed by atoms with Crippen LogP contribution in [0.15, 0.2) is 11.6 Å². The Kier molecular flexibility index (Phi) is 5.83. The molecule has 0 aliphatic heterocycles. The van der Waals surface area contributed by atoms with Crippen LogP contribution in [0, 0.1) is 23.7 Å². The minimum atomic E-state index is 0.970. The van der Waals surface area contributed by atoms with E-state index in [9.17, 15) is 0 Å². The van der Waals surface area contributed by atoms with Crippen molar-refractivity contribution < 1.29 is 0 Å². The fourth-order valence-corrected chi connectivity index (χ4v) is 5.41. The lowest BCUT2D eigenvalue weighted by Crippen LogP contribution is -2.28. The Morgan fingerprint density at radius 3 is 2.62 bits per heavy atom. The van der Waals surface area contributed by atoms with Gasteiger partial charge in [-0.05, 0) is 68.6 Å². The second-order valence-corrected chi connectivity index (χ2v) is 8.21. The van der Waals surface area contributed by atoms with Crippen LogP contribution < -0.4 is 0 Å². The van der Waals surface area contributed by atoms with E-state index in [0.29, 0.717) is 0 Å². The Labute approximate surface area is 132 Å². The third kappa shape index (κ3) is 4.14. The molecule has 0 aromatic rings. The molecule has 0 N–H and O–H groups in total. The van der Waals surface area contributed by atoms with Crippen molar-refractivity contribution in [3.05, 3.63) is 11.6 Å². The van der Waals surface area contributed by atoms with Gasteiger partial charge in [0.1, 0.15) is 0 Å². The Balaban J connectivity index is 1.51. The highest BCUT2D eigenvalue weighted by Crippen LogP contribution is 2.45. The van der Waals surface area contributed by atoms with Gasteiger partial charge in [-0.15, -0.1) is 0 Å². The molecule has 2 saturated carbocycles. The summed E-state index contributed by atoms with van der Waals surface area (Å²) in [6, 6.07) is 0. The van der Waals surface area contributed by atoms with Crippen LogP contribution >= 0.6 is 0 Å². The third-order valence-electron chi connectivity index (χ3n) is 6.73. The second kappa shape index (κ2) is 7.84. The molecule has 3 unspecified atom stereocenters. The van der Waals surface area contributed by atoms with Crippen LogP contribution in [0.1, 0.15) is 96.8 Å². The summed E-state index contributed by atoms with van der Waals surface area (Å²) in [7, 11) is 0. The van der Waals surface area contributed by atoms with Gasteiger partial charge in [-0.2, -0.15) is 0 Å². The lowest BCUT2D eigenvalue weighted by molar-refractivity contribution is 0.179. The molecule has 3 aliphatic rings. The standard InChI is InChI=1S/C21H36/c1-2-3-5-8-17-11-12-21-16-20(14-13-19(21)15-17)18-9-6-4-7-10-18/h16-19,21H,2-15H2,1H3. The Bertz CT molecular complexity index is 334. The summed E-state index contributed by atoms with van der Waals surface area (Å²) in [5.41, 5.74) is 1.89. The number of hydrogen-bond donors (Lipinski definition) is 0. The van der Waals surface area contributed by atoms with Crippen molar-refractivity contribution in [2.75, 3.05) is 0 Å². The second-order valence-electron chi connectivity index (χ2n) is 8.21. The normalized spacial score (nSPS) is 34.3. The first-order chi connectivity index (χ1) is 10.4. The van der Waals surface area contributed by atoms with Gasteiger partial charge in [0.05, 0.1) is 0 Å². The average Bonchev–Trinajstić information content (AvgIpc) is 2.55. The van der Waals surface area contributed by atoms with Crippen molar-refractivity contribution in [3.8, 4) is 0 Å². The predicted molar refractivity (Wildman–Crippen MR) is 92.4 cm³/mol. The summed E-state index contributed by atoms with van der Waals surface area (Å²) >= 11 is 0. The van der Waals surface area contributed by atoms with Gasteiger partial charge >= 0.3 is 0 Å². The van der Waals surface area contributed by atoms with E-state index in [1.807, 2.05) is 5.57 Å². The van der Waals surface area contributed by atoms with Gasteiger partial charge in [0.25, 0.3) is 0 Å². The topological polar surface area (TPSA) is 0 Å². The van der Waals surface area contributed by atoms with Crippen molar-refractivity contribution in [3.63, 3.8) is 0 Å². The van der Waals surface area contributed by atoms with Crippen LogP contribution in [-0.2, 0) is 0 Å². The largest absolute Gasteiger partial charge is 0.0817 e. The summed E-state index contributed by atoms with van der Waals surface area (Å²) < 4.78 is 0. The molecule has 0 saturated heterocycles. The number of rotatable bonds is 5. The SMILES string of the molecule is CCCCCC1CCC2C=C(C3CCCCC3)CCC2C1. The molecule has 0 aromatic heterocycles. The third-order valence-corrected chi connectivity index (χ3v) is 6.73. The molecule has 0 radical (unpaired) electrons. The quantitative estimate of drug-likeness (QED) is 0.381. The van der Waals surface area contributed by atoms with Crippen molar-refractivity contribution >= 4 is 0 Å². The molecule has 2 fully saturated rings. The molecule has 0 heterocycles. The van der Waals surface area contributed by atoms with E-state index in [1.165, 1.54) is 83.5 Å². The minimum Gasteiger partial charge on any atom is -0.0817 e. The summed E-state index contributed by atoms with van der Waals surface area (Å²) in [6.45, 7) is 2.33. The van der Waals surface area contributed by atoms with Crippen molar-refractivity contribution in [2.24, 2.45) is 23.7 Å². The fraction of sp³-hybridized carbons (Fsp3) is 0.905. The van der Waals surface area contributed by atoms with Crippen LogP contribution in [0.5, 0.6) is 0 Å². The van der Waals surface area contributed by atoms with Gasteiger partial charge in [-0.25, -0.2) is 0 Å². The number of fused-ring (bicyclic) bond motifs is 1. The summed E-state index contributed by atoms with van der Waals surface area (Å²) in [5.74, 6) is 4.08. The molecular weight excluding hydrogens is 252 g/mol. The zero-order valence-electron chi connectivity index (χ0n) is 14.3. The molecule has 0 spiro atoms. The Hall–Kier alpha value is -0.260. The maximum absolute atomic E-state index is 2.78. The summed E-state index contributed by atoms with van der Waals surface area (Å²) in [4.78, 5) is 0. The average molecular weight is 289 g/mol. The lowest BCUT2D eigenvalue weighted by Gasteiger charge is -2.40. The lowest BCUT2D eigenvalue weighted by atomic mass is 9.66. The van der Waals surface area contributed by atoms with Crippen molar-refractivity contribution in [1.29, 1.82) is 0 Å². The van der Waals surface area contributed by atoms with E-state index in [1.54, 1.807) is 6.42 Å². The van der Waals surface area contributed by atoms with Gasteiger partial charge < -0.3 is 0 Å². The van der Waals surface area contributed by atoms with Crippen LogP contribution in [-0.4, -0.2) is 0 Å². The Morgan fingerprint density at radius 2 is 1.81 bits per heavy atom. The summed E-state index contributed by atoms with van der Waals surface area (Å²) in [6.07, 6.45) is 23.7. The van der Waals surface area contributed by atoms with E-state index < -0.39 is 0 Å². The van der Waals surface area contributed by atoms with E-state index >= 15 is 0 Å². The minimum absolute atomic E-state index is 0.970. The van der Waals surface area contributed by atoms with E-state index in [2.05, 4.69) is 13.0 Å². The van der Waals surface area contributed by atoms with Gasteiger partial charge in [0, 0.05) is 0 Å². The molecule has 0 aromatic carbocycles. The molecule has 0 amide bonds. The molecule has 0 nitrogen and oxygen atoms in total.